The summed E-state index contributed by atoms with van der Waals surface area (Å²) in [7, 11) is -3.95. The van der Waals surface area contributed by atoms with Crippen LogP contribution >= 0.6 is 34.7 Å². The Balaban J connectivity index is 2.27. The minimum atomic E-state index is -3.95. The maximum Gasteiger partial charge on any atom is 0.256 e. The zero-order valence-corrected chi connectivity index (χ0v) is 15.5. The van der Waals surface area contributed by atoms with Crippen molar-refractivity contribution in [1.82, 2.24) is 4.90 Å². The monoisotopic (exact) mass is 382 g/mol. The quantitative estimate of drug-likeness (QED) is 0.868. The van der Waals surface area contributed by atoms with Gasteiger partial charge in [-0.2, -0.15) is 11.8 Å². The minimum absolute atomic E-state index is 0.0969. The Morgan fingerprint density at radius 1 is 1.55 bits per heavy atom. The molecule has 0 unspecified atom stereocenters. The fraction of sp³-hybridized carbons (Fsp3) is 0.615. The standard InChI is InChI=1S/C13H19ClN2O3S3/c1-2-20-9-5-3-4-6-16(8-9)12(17)10-7-11(14)21-13(10)22(15,18)19/h7,9H,2-6,8H2,1H3,(H2,15,18,19)/t9-/m1/s1. The van der Waals surface area contributed by atoms with Gasteiger partial charge in [0.15, 0.2) is 0 Å². The van der Waals surface area contributed by atoms with Gasteiger partial charge in [0, 0.05) is 18.3 Å². The molecule has 1 aromatic rings. The van der Waals surface area contributed by atoms with E-state index in [2.05, 4.69) is 6.92 Å². The van der Waals surface area contributed by atoms with Crippen molar-refractivity contribution >= 4 is 50.6 Å². The highest BCUT2D eigenvalue weighted by atomic mass is 35.5. The average Bonchev–Trinajstić information content (AvgIpc) is 2.68. The van der Waals surface area contributed by atoms with Crippen LogP contribution in [-0.2, 0) is 10.0 Å². The van der Waals surface area contributed by atoms with Crippen molar-refractivity contribution < 1.29 is 13.2 Å². The Labute approximate surface area is 144 Å². The molecule has 9 heteroatoms. The van der Waals surface area contributed by atoms with Gasteiger partial charge in [0.05, 0.1) is 9.90 Å². The van der Waals surface area contributed by atoms with Crippen molar-refractivity contribution in [3.63, 3.8) is 0 Å². The summed E-state index contributed by atoms with van der Waals surface area (Å²) in [5.74, 6) is 0.704. The molecule has 0 saturated carbocycles. The van der Waals surface area contributed by atoms with Gasteiger partial charge in [-0.05, 0) is 24.7 Å². The number of halogens is 1. The summed E-state index contributed by atoms with van der Waals surface area (Å²) in [4.78, 5) is 14.5. The van der Waals surface area contributed by atoms with E-state index in [0.29, 0.717) is 18.3 Å². The average molecular weight is 383 g/mol. The number of nitrogens with two attached hydrogens (primary N) is 1. The van der Waals surface area contributed by atoms with Crippen molar-refractivity contribution in [1.29, 1.82) is 0 Å². The second-order valence-corrected chi connectivity index (χ2v) is 10.1. The van der Waals surface area contributed by atoms with Gasteiger partial charge in [0.1, 0.15) is 4.21 Å². The van der Waals surface area contributed by atoms with Crippen molar-refractivity contribution in [3.8, 4) is 0 Å². The summed E-state index contributed by atoms with van der Waals surface area (Å²) in [5, 5.41) is 5.59. The predicted octanol–water partition coefficient (Wildman–Crippen LogP) is 2.80. The van der Waals surface area contributed by atoms with Crippen LogP contribution in [0.2, 0.25) is 4.34 Å². The topological polar surface area (TPSA) is 80.5 Å². The molecule has 0 bridgehead atoms. The summed E-state index contributed by atoms with van der Waals surface area (Å²) in [6.45, 7) is 3.37. The number of sulfonamides is 1. The Hall–Kier alpha value is -0.280. The number of rotatable bonds is 4. The third-order valence-corrected chi connectivity index (χ3v) is 7.41. The molecule has 0 spiro atoms. The fourth-order valence-corrected chi connectivity index (χ4v) is 5.90. The molecule has 1 atom stereocenters. The lowest BCUT2D eigenvalue weighted by atomic mass is 10.2. The highest BCUT2D eigenvalue weighted by Crippen LogP contribution is 2.32. The molecular weight excluding hydrogens is 364 g/mol. The summed E-state index contributed by atoms with van der Waals surface area (Å²) < 4.78 is 23.4. The molecular formula is C13H19ClN2O3S3. The first kappa shape index (κ1) is 18.1. The Kier molecular flexibility index (Phi) is 6.18. The molecule has 0 aromatic carbocycles. The first-order chi connectivity index (χ1) is 10.3. The SMILES string of the molecule is CCS[C@@H]1CCCCN(C(=O)c2cc(Cl)sc2S(N)(=O)=O)C1. The van der Waals surface area contributed by atoms with Gasteiger partial charge in [-0.1, -0.05) is 24.9 Å². The summed E-state index contributed by atoms with van der Waals surface area (Å²) in [5.41, 5.74) is 0.0969. The number of amides is 1. The van der Waals surface area contributed by atoms with Crippen molar-refractivity contribution in [2.45, 2.75) is 35.6 Å². The lowest BCUT2D eigenvalue weighted by molar-refractivity contribution is 0.0760. The van der Waals surface area contributed by atoms with Crippen LogP contribution in [0.3, 0.4) is 0 Å². The molecule has 1 aliphatic rings. The highest BCUT2D eigenvalue weighted by molar-refractivity contribution is 7.99. The third-order valence-electron chi connectivity index (χ3n) is 3.47. The van der Waals surface area contributed by atoms with Crippen molar-refractivity contribution in [3.05, 3.63) is 16.0 Å². The Morgan fingerprint density at radius 3 is 2.91 bits per heavy atom. The Morgan fingerprint density at radius 2 is 2.27 bits per heavy atom. The van der Waals surface area contributed by atoms with Crippen molar-refractivity contribution in [2.24, 2.45) is 5.14 Å². The van der Waals surface area contributed by atoms with Gasteiger partial charge in [-0.3, -0.25) is 4.79 Å². The summed E-state index contributed by atoms with van der Waals surface area (Å²) in [6, 6.07) is 1.40. The van der Waals surface area contributed by atoms with Crippen LogP contribution in [0.5, 0.6) is 0 Å². The second kappa shape index (κ2) is 7.53. The van der Waals surface area contributed by atoms with Crippen LogP contribution in [0.4, 0.5) is 0 Å². The van der Waals surface area contributed by atoms with E-state index >= 15 is 0 Å². The van der Waals surface area contributed by atoms with Crippen LogP contribution in [0.1, 0.15) is 36.5 Å². The lowest BCUT2D eigenvalue weighted by Crippen LogP contribution is -2.36. The molecule has 1 saturated heterocycles. The first-order valence-corrected chi connectivity index (χ1v) is 10.8. The first-order valence-electron chi connectivity index (χ1n) is 7.06. The molecule has 22 heavy (non-hydrogen) atoms. The molecule has 2 rings (SSSR count). The summed E-state index contributed by atoms with van der Waals surface area (Å²) in [6.07, 6.45) is 3.08. The van der Waals surface area contributed by atoms with Crippen LogP contribution in [0, 0.1) is 0 Å². The van der Waals surface area contributed by atoms with Gasteiger partial charge in [0.2, 0.25) is 10.0 Å². The zero-order chi connectivity index (χ0) is 16.3. The molecule has 0 aliphatic carbocycles. The molecule has 5 nitrogen and oxygen atoms in total. The molecule has 1 aliphatic heterocycles. The predicted molar refractivity (Wildman–Crippen MR) is 92.4 cm³/mol. The zero-order valence-electron chi connectivity index (χ0n) is 12.2. The molecule has 2 N–H and O–H groups in total. The maximum absolute atomic E-state index is 12.7. The largest absolute Gasteiger partial charge is 0.337 e. The number of hydrogen-bond donors (Lipinski definition) is 1. The van der Waals surface area contributed by atoms with Gasteiger partial charge in [-0.25, -0.2) is 13.6 Å². The number of hydrogen-bond acceptors (Lipinski definition) is 5. The number of likely N-dealkylation sites (tertiary alicyclic amines) is 1. The number of nitrogens with zero attached hydrogens (tertiary/aromatic N) is 1. The maximum atomic E-state index is 12.7. The molecule has 1 fully saturated rings. The fourth-order valence-electron chi connectivity index (χ4n) is 2.54. The van der Waals surface area contributed by atoms with E-state index in [1.165, 1.54) is 6.07 Å². The summed E-state index contributed by atoms with van der Waals surface area (Å²) >= 11 is 8.56. The highest BCUT2D eigenvalue weighted by Gasteiger charge is 2.29. The molecule has 1 amide bonds. The van der Waals surface area contributed by atoms with Gasteiger partial charge in [0.25, 0.3) is 5.91 Å². The smallest absolute Gasteiger partial charge is 0.256 e. The van der Waals surface area contributed by atoms with E-state index in [1.54, 1.807) is 4.90 Å². The minimum Gasteiger partial charge on any atom is -0.337 e. The normalized spacial score (nSPS) is 20.0. The van der Waals surface area contributed by atoms with Gasteiger partial charge < -0.3 is 4.90 Å². The van der Waals surface area contributed by atoms with Gasteiger partial charge >= 0.3 is 0 Å². The van der Waals surface area contributed by atoms with Crippen molar-refractivity contribution in [2.75, 3.05) is 18.8 Å². The number of thioether (sulfide) groups is 1. The van der Waals surface area contributed by atoms with Gasteiger partial charge in [-0.15, -0.1) is 11.3 Å². The number of thiophene rings is 1. The molecule has 1 aromatic heterocycles. The molecule has 0 radical (unpaired) electrons. The van der Waals surface area contributed by atoms with E-state index in [4.69, 9.17) is 16.7 Å². The van der Waals surface area contributed by atoms with E-state index in [0.717, 1.165) is 36.4 Å². The van der Waals surface area contributed by atoms with E-state index in [-0.39, 0.29) is 20.0 Å². The van der Waals surface area contributed by atoms with Crippen LogP contribution in [0.15, 0.2) is 10.3 Å². The van der Waals surface area contributed by atoms with E-state index < -0.39 is 10.0 Å². The second-order valence-electron chi connectivity index (χ2n) is 5.12. The molecule has 124 valence electrons. The third kappa shape index (κ3) is 4.38. The number of carbonyl (C=O) groups is 1. The number of primary sulfonamides is 1. The van der Waals surface area contributed by atoms with Crippen LogP contribution in [-0.4, -0.2) is 43.3 Å². The lowest BCUT2D eigenvalue weighted by Gasteiger charge is -2.24. The van der Waals surface area contributed by atoms with Crippen LogP contribution in [0.25, 0.3) is 0 Å². The Bertz CT molecular complexity index is 645. The van der Waals surface area contributed by atoms with E-state index in [1.807, 2.05) is 11.8 Å². The van der Waals surface area contributed by atoms with E-state index in [9.17, 15) is 13.2 Å². The van der Waals surface area contributed by atoms with Crippen LogP contribution < -0.4 is 5.14 Å². The molecule has 2 heterocycles. The number of carbonyl (C=O) groups excluding carboxylic acids is 1.